The monoisotopic (exact) mass is 760 g/mol. The molecule has 2 aromatic heterocycles. The number of carbonyl (C=O) groups is 3. The Morgan fingerprint density at radius 2 is 1.69 bits per heavy atom. The lowest BCUT2D eigenvalue weighted by Crippen LogP contribution is -2.36. The Kier molecular flexibility index (Phi) is 11.9. The maximum Gasteiger partial charge on any atom is 0.427 e. The van der Waals surface area contributed by atoms with Gasteiger partial charge < -0.3 is 18.9 Å². The first-order valence-corrected chi connectivity index (χ1v) is 16.5. The summed E-state index contributed by atoms with van der Waals surface area (Å²) < 4.78 is 99.2. The van der Waals surface area contributed by atoms with Gasteiger partial charge in [-0.2, -0.15) is 31.6 Å². The van der Waals surface area contributed by atoms with E-state index < -0.39 is 56.6 Å². The number of hydrogen-bond donors (Lipinski definition) is 2. The maximum atomic E-state index is 14.3. The van der Waals surface area contributed by atoms with Crippen LogP contribution in [0, 0.1) is 5.82 Å². The third kappa shape index (κ3) is 9.31. The number of carbonyl (C=O) groups excluding carboxylic acids is 3. The zero-order chi connectivity index (χ0) is 37.7. The number of anilines is 2. The summed E-state index contributed by atoms with van der Waals surface area (Å²) in [4.78, 5) is 47.5. The molecule has 4 amide bonds. The van der Waals surface area contributed by atoms with E-state index in [4.69, 9.17) is 30.5 Å². The van der Waals surface area contributed by atoms with Crippen LogP contribution in [-0.4, -0.2) is 61.7 Å². The van der Waals surface area contributed by atoms with E-state index >= 15 is 0 Å². The third-order valence-corrected chi connectivity index (χ3v) is 8.53. The lowest BCUT2D eigenvalue weighted by atomic mass is 10.2. The number of cyclic esters (lactones) is 1. The molecule has 15 nitrogen and oxygen atoms in total. The molecule has 2 N–H and O–H groups in total. The molecule has 3 aromatic rings. The Labute approximate surface area is 293 Å². The van der Waals surface area contributed by atoms with E-state index in [1.165, 1.54) is 31.1 Å². The number of benzene rings is 1. The van der Waals surface area contributed by atoms with Gasteiger partial charge in [-0.1, -0.05) is 11.6 Å². The molecule has 0 radical (unpaired) electrons. The first-order valence-electron chi connectivity index (χ1n) is 14.7. The molecule has 1 aliphatic heterocycles. The minimum absolute atomic E-state index is 0.00962. The molecule has 21 heteroatoms. The van der Waals surface area contributed by atoms with Crippen molar-refractivity contribution in [1.82, 2.24) is 19.7 Å². The fraction of sp³-hybridized carbons (Fsp3) is 0.333. The van der Waals surface area contributed by atoms with Crippen LogP contribution < -0.4 is 29.1 Å². The second-order valence-electron chi connectivity index (χ2n) is 10.8. The highest BCUT2D eigenvalue weighted by Gasteiger charge is 2.41. The van der Waals surface area contributed by atoms with E-state index in [1.807, 2.05) is 5.32 Å². The molecule has 1 aromatic carbocycles. The van der Waals surface area contributed by atoms with Crippen molar-refractivity contribution >= 4 is 51.3 Å². The summed E-state index contributed by atoms with van der Waals surface area (Å²) in [6.07, 6.45) is -1.14. The van der Waals surface area contributed by atoms with Crippen LogP contribution in [-0.2, 0) is 25.7 Å². The van der Waals surface area contributed by atoms with Crippen molar-refractivity contribution in [3.8, 4) is 17.5 Å². The number of nitrogens with one attached hydrogen (secondary N) is 2. The van der Waals surface area contributed by atoms with Crippen molar-refractivity contribution in [3.63, 3.8) is 0 Å². The van der Waals surface area contributed by atoms with Crippen LogP contribution in [0.3, 0.4) is 0 Å². The van der Waals surface area contributed by atoms with Gasteiger partial charge in [0.1, 0.15) is 11.6 Å². The molecule has 0 unspecified atom stereocenters. The number of imide groups is 1. The summed E-state index contributed by atoms with van der Waals surface area (Å²) in [7, 11) is -2.39. The van der Waals surface area contributed by atoms with E-state index in [0.717, 1.165) is 44.0 Å². The molecule has 2 aliphatic rings. The Balaban J connectivity index is 0.000000230. The van der Waals surface area contributed by atoms with Gasteiger partial charge in [0.2, 0.25) is 17.7 Å². The van der Waals surface area contributed by atoms with Gasteiger partial charge in [-0.25, -0.2) is 28.6 Å². The van der Waals surface area contributed by atoms with Gasteiger partial charge >= 0.3 is 24.2 Å². The number of methoxy groups -OCH3 is 2. The van der Waals surface area contributed by atoms with Gasteiger partial charge in [-0.05, 0) is 63.3 Å². The number of halogens is 5. The second kappa shape index (κ2) is 15.8. The Bertz CT molecular complexity index is 1950. The largest absolute Gasteiger partial charge is 0.489 e. The summed E-state index contributed by atoms with van der Waals surface area (Å²) >= 11 is 6.04. The van der Waals surface area contributed by atoms with Gasteiger partial charge in [0, 0.05) is 12.3 Å². The second-order valence-corrected chi connectivity index (χ2v) is 12.8. The van der Waals surface area contributed by atoms with Crippen molar-refractivity contribution in [2.75, 3.05) is 24.4 Å². The molecule has 1 aliphatic carbocycles. The first kappa shape index (κ1) is 38.6. The maximum absolute atomic E-state index is 14.3. The number of urea groups is 1. The highest BCUT2D eigenvalue weighted by atomic mass is 35.5. The summed E-state index contributed by atoms with van der Waals surface area (Å²) in [5.74, 6) is -1.75. The number of pyridine rings is 1. The normalized spacial score (nSPS) is 14.8. The van der Waals surface area contributed by atoms with E-state index in [0.29, 0.717) is 16.5 Å². The zero-order valence-electron chi connectivity index (χ0n) is 27.1. The predicted octanol–water partition coefficient (Wildman–Crippen LogP) is 6.00. The average molecular weight is 761 g/mol. The zero-order valence-corrected chi connectivity index (χ0v) is 28.7. The molecule has 274 valence electrons. The molecule has 1 saturated heterocycles. The smallest absolute Gasteiger partial charge is 0.427 e. The predicted molar refractivity (Wildman–Crippen MR) is 170 cm³/mol. The molecule has 51 heavy (non-hydrogen) atoms. The number of sulfonamides is 1. The highest BCUT2D eigenvalue weighted by Crippen LogP contribution is 2.38. The van der Waals surface area contributed by atoms with Gasteiger partial charge in [0.15, 0.2) is 10.8 Å². The number of aromatic nitrogens is 3. The molecule has 0 atom stereocenters. The first-order chi connectivity index (χ1) is 23.9. The quantitative estimate of drug-likeness (QED) is 0.202. The molecule has 0 bridgehead atoms. The molecule has 0 spiro atoms. The summed E-state index contributed by atoms with van der Waals surface area (Å²) in [6, 6.07) is 3.63. The van der Waals surface area contributed by atoms with E-state index in [-0.39, 0.29) is 40.1 Å². The van der Waals surface area contributed by atoms with Crippen LogP contribution in [0.5, 0.6) is 17.5 Å². The molecule has 1 saturated carbocycles. The Hall–Kier alpha value is -5.24. The lowest BCUT2D eigenvalue weighted by Gasteiger charge is -2.18. The van der Waals surface area contributed by atoms with E-state index in [1.54, 1.807) is 13.8 Å². The molecule has 5 rings (SSSR count). The fourth-order valence-electron chi connectivity index (χ4n) is 4.64. The highest BCUT2D eigenvalue weighted by molar-refractivity contribution is 7.90. The molecule has 2 fully saturated rings. The Morgan fingerprint density at radius 1 is 1.06 bits per heavy atom. The number of amides is 4. The van der Waals surface area contributed by atoms with Crippen LogP contribution in [0.2, 0.25) is 5.02 Å². The number of rotatable bonds is 8. The van der Waals surface area contributed by atoms with Crippen LogP contribution in [0.4, 0.5) is 38.8 Å². The number of hydrogen-bond acceptors (Lipinski definition) is 12. The summed E-state index contributed by atoms with van der Waals surface area (Å²) in [5.41, 5.74) is -1.21. The van der Waals surface area contributed by atoms with Crippen LogP contribution >= 0.6 is 11.6 Å². The van der Waals surface area contributed by atoms with Crippen molar-refractivity contribution < 1.29 is 59.3 Å². The van der Waals surface area contributed by atoms with Crippen LogP contribution in [0.25, 0.3) is 0 Å². The van der Waals surface area contributed by atoms with Gasteiger partial charge in [0.05, 0.1) is 42.7 Å². The van der Waals surface area contributed by atoms with Gasteiger partial charge in [-0.3, -0.25) is 10.1 Å². The van der Waals surface area contributed by atoms with Crippen molar-refractivity contribution in [3.05, 3.63) is 64.3 Å². The topological polar surface area (TPSA) is 188 Å². The van der Waals surface area contributed by atoms with Crippen LogP contribution in [0.1, 0.15) is 45.1 Å². The van der Waals surface area contributed by atoms with E-state index in [9.17, 15) is 40.4 Å². The van der Waals surface area contributed by atoms with Gasteiger partial charge in [0.25, 0.3) is 10.0 Å². The Morgan fingerprint density at radius 3 is 2.24 bits per heavy atom. The van der Waals surface area contributed by atoms with Crippen molar-refractivity contribution in [1.29, 1.82) is 0 Å². The fourth-order valence-corrected chi connectivity index (χ4v) is 5.90. The minimum Gasteiger partial charge on any atom is -0.489 e. The molecular formula is C30H29ClF4N6O9S. The standard InChI is InChI=1S/C17H17ClFNO4.C13H12F3N5O5S/c1-9(2)15-16(21)20(17(22)24-15)13-8-14(11(18)7-12(13)19)23-10-5-3-4-6-10;1-25-8-6-9(26-2)19-11(18-8)20-12(22)21-27(23,24)10-7(13(14,15)16)4-3-5-17-10/h7-8,10H,3-6H2,1-2H3;3-6H,1-2H3,(H2,18,19,20,21,22). The summed E-state index contributed by atoms with van der Waals surface area (Å²) in [5, 5.41) is 0.707. The third-order valence-electron chi connectivity index (χ3n) is 6.94. The van der Waals surface area contributed by atoms with E-state index in [2.05, 4.69) is 15.0 Å². The van der Waals surface area contributed by atoms with Crippen molar-refractivity contribution in [2.24, 2.45) is 0 Å². The SMILES string of the molecule is CC(C)=C1OC(=O)N(c2cc(OC3CCCC3)c(Cl)cc2F)C1=O.COc1cc(OC)nc(NC(=O)NS(=O)(=O)c2ncccc2C(F)(F)F)n1. The molecular weight excluding hydrogens is 732 g/mol. The summed E-state index contributed by atoms with van der Waals surface area (Å²) in [6.45, 7) is 3.27. The minimum atomic E-state index is -4.99. The number of ether oxygens (including phenoxy) is 4. The lowest BCUT2D eigenvalue weighted by molar-refractivity contribution is -0.140. The van der Waals surface area contributed by atoms with Gasteiger partial charge in [-0.15, -0.1) is 0 Å². The van der Waals surface area contributed by atoms with Crippen molar-refractivity contribution in [2.45, 2.75) is 56.8 Å². The molecule has 3 heterocycles. The van der Waals surface area contributed by atoms with Crippen LogP contribution in [0.15, 0.2) is 52.9 Å². The number of allylic oxidation sites excluding steroid dienone is 1. The number of nitrogens with zero attached hydrogens (tertiary/aromatic N) is 4. The average Bonchev–Trinajstić information content (AvgIpc) is 3.68. The number of alkyl halides is 3.